The molecule has 0 spiro atoms. The van der Waals surface area contributed by atoms with Crippen LogP contribution in [0.4, 0.5) is 5.82 Å². The van der Waals surface area contributed by atoms with Crippen LogP contribution in [-0.2, 0) is 0 Å². The highest BCUT2D eigenvalue weighted by Gasteiger charge is 2.08. The van der Waals surface area contributed by atoms with Crippen LogP contribution in [-0.4, -0.2) is 33.3 Å². The molecule has 2 aromatic carbocycles. The summed E-state index contributed by atoms with van der Waals surface area (Å²) in [6.07, 6.45) is 10.1. The Morgan fingerprint density at radius 3 is 2.90 bits per heavy atom. The second-order valence-corrected chi connectivity index (χ2v) is 6.80. The molecular formula is C24H17N5O2. The molecule has 0 unspecified atom stereocenters. The number of nitrogens with zero attached hydrogens (tertiary/aromatic N) is 5. The van der Waals surface area contributed by atoms with Crippen molar-refractivity contribution < 1.29 is 9.53 Å². The van der Waals surface area contributed by atoms with Crippen LogP contribution in [0.3, 0.4) is 0 Å². The fourth-order valence-corrected chi connectivity index (χ4v) is 3.29. The van der Waals surface area contributed by atoms with Crippen LogP contribution in [0.5, 0.6) is 5.75 Å². The minimum Gasteiger partial charge on any atom is -0.490 e. The minimum absolute atomic E-state index is 0.332. The SMILES string of the molecule is O=C1N=C/C=C\COc2ccc3ncnc(c3c2)N=c2cccc/c2=C\n2cccc21. The van der Waals surface area contributed by atoms with E-state index in [9.17, 15) is 4.79 Å². The van der Waals surface area contributed by atoms with Gasteiger partial charge in [-0.2, -0.15) is 0 Å². The minimum atomic E-state index is -0.338. The Balaban J connectivity index is 1.78. The molecule has 0 fully saturated rings. The molecule has 0 N–H and O–H groups in total. The van der Waals surface area contributed by atoms with Crippen molar-refractivity contribution in [3.8, 4) is 5.75 Å². The third kappa shape index (κ3) is 3.89. The van der Waals surface area contributed by atoms with Crippen molar-refractivity contribution in [1.29, 1.82) is 0 Å². The van der Waals surface area contributed by atoms with E-state index < -0.39 is 0 Å². The van der Waals surface area contributed by atoms with Gasteiger partial charge in [0.15, 0.2) is 5.82 Å². The summed E-state index contributed by atoms with van der Waals surface area (Å²) < 4.78 is 7.54. The van der Waals surface area contributed by atoms with Crippen molar-refractivity contribution in [1.82, 2.24) is 14.5 Å². The standard InChI is InChI=1S/C24H17N5O2/c30-24-22-8-5-12-29(22)15-17-6-1-2-7-20(17)28-23-19-14-18(31-13-4-3-11-25-24)9-10-21(19)26-16-27-23/h1-12,14-16H,13H2/b4-3-,17-15+,25-11?,28-20?. The Morgan fingerprint density at radius 1 is 1.00 bits per heavy atom. The molecule has 7 heteroatoms. The first kappa shape index (κ1) is 18.6. The predicted octanol–water partition coefficient (Wildman–Crippen LogP) is 2.83. The number of carbonyl (C=O) groups is 1. The maximum atomic E-state index is 12.5. The van der Waals surface area contributed by atoms with Gasteiger partial charge in [0.1, 0.15) is 24.4 Å². The highest BCUT2D eigenvalue weighted by Crippen LogP contribution is 2.25. The number of rotatable bonds is 0. The predicted molar refractivity (Wildman–Crippen MR) is 118 cm³/mol. The van der Waals surface area contributed by atoms with E-state index in [4.69, 9.17) is 9.73 Å². The van der Waals surface area contributed by atoms with Gasteiger partial charge in [-0.3, -0.25) is 4.79 Å². The van der Waals surface area contributed by atoms with E-state index in [1.807, 2.05) is 54.9 Å². The van der Waals surface area contributed by atoms with Gasteiger partial charge in [0.05, 0.1) is 10.9 Å². The molecule has 150 valence electrons. The van der Waals surface area contributed by atoms with Gasteiger partial charge >= 0.3 is 0 Å². The Labute approximate surface area is 177 Å². The van der Waals surface area contributed by atoms with Crippen molar-refractivity contribution in [2.24, 2.45) is 9.98 Å². The largest absolute Gasteiger partial charge is 0.490 e. The number of aliphatic imine (C=N–C) groups is 1. The number of hydrogen-bond donors (Lipinski definition) is 0. The summed E-state index contributed by atoms with van der Waals surface area (Å²) in [4.78, 5) is 30.1. The van der Waals surface area contributed by atoms with Crippen molar-refractivity contribution in [3.63, 3.8) is 0 Å². The molecule has 3 heterocycles. The van der Waals surface area contributed by atoms with Gasteiger partial charge in [-0.25, -0.2) is 20.0 Å². The average molecular weight is 407 g/mol. The molecule has 0 saturated heterocycles. The molecule has 4 aromatic rings. The van der Waals surface area contributed by atoms with Crippen LogP contribution >= 0.6 is 0 Å². The monoisotopic (exact) mass is 407 g/mol. The highest BCUT2D eigenvalue weighted by molar-refractivity contribution is 5.99. The molecule has 0 aliphatic carbocycles. The summed E-state index contributed by atoms with van der Waals surface area (Å²) in [6, 6.07) is 16.8. The van der Waals surface area contributed by atoms with E-state index in [0.717, 1.165) is 21.5 Å². The molecule has 5 rings (SSSR count). The van der Waals surface area contributed by atoms with Gasteiger partial charge in [-0.1, -0.05) is 18.2 Å². The van der Waals surface area contributed by atoms with E-state index in [1.165, 1.54) is 12.5 Å². The first-order chi connectivity index (χ1) is 15.3. The van der Waals surface area contributed by atoms with Crippen LogP contribution in [0.1, 0.15) is 10.5 Å². The molecule has 0 saturated carbocycles. The van der Waals surface area contributed by atoms with Gasteiger partial charge in [-0.05, 0) is 48.6 Å². The van der Waals surface area contributed by atoms with Gasteiger partial charge < -0.3 is 9.30 Å². The number of hydrogen-bond acceptors (Lipinski definition) is 5. The summed E-state index contributed by atoms with van der Waals surface area (Å²) >= 11 is 0. The normalized spacial score (nSPS) is 15.7. The number of benzene rings is 2. The van der Waals surface area contributed by atoms with E-state index in [0.29, 0.717) is 23.9 Å². The molecular weight excluding hydrogens is 390 g/mol. The van der Waals surface area contributed by atoms with E-state index in [2.05, 4.69) is 15.0 Å². The van der Waals surface area contributed by atoms with E-state index >= 15 is 0 Å². The number of aromatic nitrogens is 3. The second kappa shape index (κ2) is 8.16. The zero-order valence-corrected chi connectivity index (χ0v) is 16.4. The number of para-hydroxylation sites is 1. The van der Waals surface area contributed by atoms with Gasteiger partial charge in [0, 0.05) is 29.2 Å². The third-order valence-corrected chi connectivity index (χ3v) is 4.79. The first-order valence-corrected chi connectivity index (χ1v) is 9.71. The van der Waals surface area contributed by atoms with Crippen LogP contribution in [0.15, 0.2) is 89.3 Å². The summed E-state index contributed by atoms with van der Waals surface area (Å²) in [6.45, 7) is 0.332. The first-order valence-electron chi connectivity index (χ1n) is 9.71. The number of ether oxygens (including phenoxy) is 1. The van der Waals surface area contributed by atoms with Crippen molar-refractivity contribution in [3.05, 3.63) is 95.5 Å². The number of amides is 1. The number of allylic oxidation sites excluding steroid dienone is 1. The van der Waals surface area contributed by atoms with Crippen LogP contribution < -0.4 is 15.3 Å². The lowest BCUT2D eigenvalue weighted by molar-refractivity contribution is 0.0997. The average Bonchev–Trinajstić information content (AvgIpc) is 3.25. The van der Waals surface area contributed by atoms with Crippen molar-refractivity contribution in [2.45, 2.75) is 0 Å². The van der Waals surface area contributed by atoms with Gasteiger partial charge in [0.2, 0.25) is 0 Å². The molecule has 7 nitrogen and oxygen atoms in total. The van der Waals surface area contributed by atoms with Crippen LogP contribution in [0, 0.1) is 0 Å². The summed E-state index contributed by atoms with van der Waals surface area (Å²) in [5.74, 6) is 0.884. The lowest BCUT2D eigenvalue weighted by Gasteiger charge is -2.06. The Bertz CT molecular complexity index is 1470. The van der Waals surface area contributed by atoms with Crippen LogP contribution in [0.25, 0.3) is 17.1 Å². The fraction of sp³-hybridized carbons (Fsp3) is 0.0417. The Morgan fingerprint density at radius 2 is 1.94 bits per heavy atom. The van der Waals surface area contributed by atoms with Crippen molar-refractivity contribution in [2.75, 3.05) is 6.61 Å². The highest BCUT2D eigenvalue weighted by atomic mass is 16.5. The molecule has 0 atom stereocenters. The number of carbonyl (C=O) groups excluding carboxylic acids is 1. The third-order valence-electron chi connectivity index (χ3n) is 4.79. The fourth-order valence-electron chi connectivity index (χ4n) is 3.29. The quantitative estimate of drug-likeness (QED) is 0.449. The molecule has 2 bridgehead atoms. The lowest BCUT2D eigenvalue weighted by atomic mass is 10.2. The maximum absolute atomic E-state index is 12.5. The Hall–Kier alpha value is -4.39. The summed E-state index contributed by atoms with van der Waals surface area (Å²) in [7, 11) is 0. The maximum Gasteiger partial charge on any atom is 0.293 e. The smallest absolute Gasteiger partial charge is 0.293 e. The Kier molecular flexibility index (Phi) is 4.90. The van der Waals surface area contributed by atoms with Gasteiger partial charge in [0.25, 0.3) is 5.91 Å². The molecule has 1 aliphatic heterocycles. The zero-order valence-electron chi connectivity index (χ0n) is 16.4. The molecule has 31 heavy (non-hydrogen) atoms. The second-order valence-electron chi connectivity index (χ2n) is 6.80. The topological polar surface area (TPSA) is 81.7 Å². The summed E-state index contributed by atoms with van der Waals surface area (Å²) in [5.41, 5.74) is 1.23. The molecule has 1 amide bonds. The van der Waals surface area contributed by atoms with Crippen molar-refractivity contribution >= 4 is 35.0 Å². The van der Waals surface area contributed by atoms with E-state index in [1.54, 1.807) is 28.9 Å². The van der Waals surface area contributed by atoms with E-state index in [-0.39, 0.29) is 5.91 Å². The summed E-state index contributed by atoms with van der Waals surface area (Å²) in [5, 5.41) is 2.34. The molecule has 0 radical (unpaired) electrons. The molecule has 2 aromatic heterocycles. The lowest BCUT2D eigenvalue weighted by Crippen LogP contribution is -2.25. The van der Waals surface area contributed by atoms with Crippen LogP contribution in [0.2, 0.25) is 0 Å². The van der Waals surface area contributed by atoms with Gasteiger partial charge in [-0.15, -0.1) is 0 Å². The zero-order chi connectivity index (χ0) is 21.0. The molecule has 1 aliphatic rings. The number of fused-ring (bicyclic) bond motifs is 3.